The quantitative estimate of drug-likeness (QED) is 0.749. The Morgan fingerprint density at radius 2 is 2.05 bits per heavy atom. The number of benzene rings is 1. The average Bonchev–Trinajstić information content (AvgIpc) is 2.76. The van der Waals surface area contributed by atoms with Gasteiger partial charge in [0.05, 0.1) is 18.1 Å². The lowest BCUT2D eigenvalue weighted by atomic mass is 9.98. The van der Waals surface area contributed by atoms with Crippen LogP contribution in [-0.4, -0.2) is 22.5 Å². The predicted octanol–water partition coefficient (Wildman–Crippen LogP) is 4.12. The maximum absolute atomic E-state index is 5.92. The monoisotopic (exact) mass is 294 g/mol. The second-order valence-corrected chi connectivity index (χ2v) is 6.03. The number of rotatable bonds is 6. The predicted molar refractivity (Wildman–Crippen MR) is 84.7 cm³/mol. The fourth-order valence-electron chi connectivity index (χ4n) is 2.26. The van der Waals surface area contributed by atoms with E-state index in [0.717, 1.165) is 35.6 Å². The lowest BCUT2D eigenvalue weighted by Gasteiger charge is -2.18. The minimum absolute atomic E-state index is 0.590. The lowest BCUT2D eigenvalue weighted by Crippen LogP contribution is -2.15. The number of hydrogen-bond acceptors (Lipinski definition) is 2. The number of alkyl halides is 1. The van der Waals surface area contributed by atoms with E-state index in [9.17, 15) is 0 Å². The number of aromatic nitrogens is 2. The average molecular weight is 295 g/mol. The van der Waals surface area contributed by atoms with E-state index in [0.29, 0.717) is 17.7 Å². The van der Waals surface area contributed by atoms with Crippen molar-refractivity contribution in [2.24, 2.45) is 11.8 Å². The second-order valence-electron chi connectivity index (χ2n) is 5.65. The number of aryl methyl sites for hydroxylation is 1. The van der Waals surface area contributed by atoms with E-state index in [4.69, 9.17) is 21.3 Å². The van der Waals surface area contributed by atoms with Gasteiger partial charge in [-0.15, -0.1) is 11.6 Å². The summed E-state index contributed by atoms with van der Waals surface area (Å²) < 4.78 is 7.63. The van der Waals surface area contributed by atoms with Crippen molar-refractivity contribution in [1.29, 1.82) is 0 Å². The van der Waals surface area contributed by atoms with Crippen LogP contribution in [-0.2, 0) is 13.0 Å². The van der Waals surface area contributed by atoms with Gasteiger partial charge in [-0.1, -0.05) is 20.8 Å². The summed E-state index contributed by atoms with van der Waals surface area (Å²) in [6.07, 6.45) is 0.795. The lowest BCUT2D eigenvalue weighted by molar-refractivity contribution is 0.364. The zero-order valence-electron chi connectivity index (χ0n) is 12.7. The highest BCUT2D eigenvalue weighted by Crippen LogP contribution is 2.25. The molecule has 0 saturated heterocycles. The molecule has 0 bridgehead atoms. The molecule has 0 spiro atoms. The first kappa shape index (κ1) is 15.2. The molecule has 0 aliphatic rings. The molecule has 0 amide bonds. The zero-order chi connectivity index (χ0) is 14.7. The minimum atomic E-state index is 0.590. The van der Waals surface area contributed by atoms with Crippen molar-refractivity contribution in [3.63, 3.8) is 0 Å². The van der Waals surface area contributed by atoms with Crippen LogP contribution in [0.5, 0.6) is 5.75 Å². The summed E-state index contributed by atoms with van der Waals surface area (Å²) in [4.78, 5) is 4.71. The molecule has 3 nitrogen and oxygen atoms in total. The van der Waals surface area contributed by atoms with Crippen LogP contribution in [0.3, 0.4) is 0 Å². The van der Waals surface area contributed by atoms with Crippen LogP contribution < -0.4 is 4.74 Å². The molecular formula is C16H23ClN2O. The number of hydrogen-bond donors (Lipinski definition) is 0. The molecule has 1 aromatic heterocycles. The Morgan fingerprint density at radius 3 is 2.65 bits per heavy atom. The largest absolute Gasteiger partial charge is 0.497 e. The first-order chi connectivity index (χ1) is 9.56. The fourth-order valence-corrected chi connectivity index (χ4v) is 2.43. The Kier molecular flexibility index (Phi) is 4.92. The van der Waals surface area contributed by atoms with Gasteiger partial charge in [0, 0.05) is 24.9 Å². The third-order valence-corrected chi connectivity index (χ3v) is 4.15. The van der Waals surface area contributed by atoms with Crippen LogP contribution in [0.2, 0.25) is 0 Å². The summed E-state index contributed by atoms with van der Waals surface area (Å²) in [5, 5.41) is 0. The van der Waals surface area contributed by atoms with Crippen LogP contribution >= 0.6 is 11.6 Å². The first-order valence-corrected chi connectivity index (χ1v) is 7.69. The van der Waals surface area contributed by atoms with Crippen molar-refractivity contribution in [3.05, 3.63) is 24.0 Å². The number of nitrogens with zero attached hydrogens (tertiary/aromatic N) is 2. The molecule has 0 aliphatic carbocycles. The van der Waals surface area contributed by atoms with Gasteiger partial charge in [-0.3, -0.25) is 0 Å². The molecule has 1 unspecified atom stereocenters. The molecule has 4 heteroatoms. The molecular weight excluding hydrogens is 272 g/mol. The molecule has 1 heterocycles. The number of ether oxygens (including phenoxy) is 1. The highest BCUT2D eigenvalue weighted by Gasteiger charge is 2.15. The van der Waals surface area contributed by atoms with Crippen LogP contribution in [0.4, 0.5) is 0 Å². The van der Waals surface area contributed by atoms with E-state index in [1.807, 2.05) is 12.1 Å². The van der Waals surface area contributed by atoms with Crippen molar-refractivity contribution >= 4 is 22.6 Å². The Morgan fingerprint density at radius 1 is 1.30 bits per heavy atom. The van der Waals surface area contributed by atoms with Crippen LogP contribution in [0, 0.1) is 11.8 Å². The van der Waals surface area contributed by atoms with Gasteiger partial charge in [-0.2, -0.15) is 0 Å². The van der Waals surface area contributed by atoms with E-state index in [-0.39, 0.29) is 0 Å². The van der Waals surface area contributed by atoms with Crippen LogP contribution in [0.1, 0.15) is 26.6 Å². The van der Waals surface area contributed by atoms with Gasteiger partial charge in [0.15, 0.2) is 0 Å². The number of fused-ring (bicyclic) bond motifs is 1. The van der Waals surface area contributed by atoms with E-state index in [2.05, 4.69) is 31.4 Å². The summed E-state index contributed by atoms with van der Waals surface area (Å²) in [7, 11) is 1.69. The van der Waals surface area contributed by atoms with E-state index in [1.54, 1.807) is 7.11 Å². The van der Waals surface area contributed by atoms with Gasteiger partial charge < -0.3 is 9.30 Å². The number of imidazole rings is 1. The van der Waals surface area contributed by atoms with Gasteiger partial charge in [0.2, 0.25) is 0 Å². The van der Waals surface area contributed by atoms with E-state index >= 15 is 0 Å². The molecule has 20 heavy (non-hydrogen) atoms. The standard InChI is InChI=1S/C16H23ClN2O/c1-11(2)12(3)10-19-15-9-13(20-4)5-6-14(15)18-16(19)7-8-17/h5-6,9,11-12H,7-8,10H2,1-4H3. The molecule has 0 saturated carbocycles. The Bertz CT molecular complexity index is 577. The van der Waals surface area contributed by atoms with Gasteiger partial charge in [0.1, 0.15) is 11.6 Å². The Hall–Kier alpha value is -1.22. The molecule has 2 rings (SSSR count). The van der Waals surface area contributed by atoms with Gasteiger partial charge in [-0.05, 0) is 24.0 Å². The van der Waals surface area contributed by atoms with Gasteiger partial charge in [0.25, 0.3) is 0 Å². The Labute approximate surface area is 125 Å². The zero-order valence-corrected chi connectivity index (χ0v) is 13.4. The fraction of sp³-hybridized carbons (Fsp3) is 0.562. The number of halogens is 1. The van der Waals surface area contributed by atoms with Crippen molar-refractivity contribution in [1.82, 2.24) is 9.55 Å². The summed E-state index contributed by atoms with van der Waals surface area (Å²) in [5.41, 5.74) is 2.15. The maximum Gasteiger partial charge on any atom is 0.121 e. The molecule has 110 valence electrons. The molecule has 1 atom stereocenters. The number of methoxy groups -OCH3 is 1. The minimum Gasteiger partial charge on any atom is -0.497 e. The van der Waals surface area contributed by atoms with Crippen molar-refractivity contribution in [2.75, 3.05) is 13.0 Å². The molecule has 0 N–H and O–H groups in total. The second kappa shape index (κ2) is 6.49. The third-order valence-electron chi connectivity index (χ3n) is 3.96. The van der Waals surface area contributed by atoms with Crippen molar-refractivity contribution < 1.29 is 4.74 Å². The summed E-state index contributed by atoms with van der Waals surface area (Å²) in [6.45, 7) is 7.76. The Balaban J connectivity index is 2.48. The first-order valence-electron chi connectivity index (χ1n) is 7.16. The third kappa shape index (κ3) is 3.09. The van der Waals surface area contributed by atoms with Crippen LogP contribution in [0.15, 0.2) is 18.2 Å². The smallest absolute Gasteiger partial charge is 0.121 e. The highest BCUT2D eigenvalue weighted by molar-refractivity contribution is 6.17. The molecule has 0 fully saturated rings. The van der Waals surface area contributed by atoms with Gasteiger partial charge >= 0.3 is 0 Å². The summed E-state index contributed by atoms with van der Waals surface area (Å²) in [5.74, 6) is 3.76. The maximum atomic E-state index is 5.92. The van der Waals surface area contributed by atoms with E-state index < -0.39 is 0 Å². The summed E-state index contributed by atoms with van der Waals surface area (Å²) >= 11 is 5.92. The molecule has 0 aliphatic heterocycles. The summed E-state index contributed by atoms with van der Waals surface area (Å²) in [6, 6.07) is 6.03. The molecule has 0 radical (unpaired) electrons. The molecule has 2 aromatic rings. The SMILES string of the molecule is COc1ccc2nc(CCCl)n(CC(C)C(C)C)c2c1. The van der Waals surface area contributed by atoms with Crippen LogP contribution in [0.25, 0.3) is 11.0 Å². The molecule has 1 aromatic carbocycles. The normalized spacial score (nSPS) is 13.1. The highest BCUT2D eigenvalue weighted by atomic mass is 35.5. The van der Waals surface area contributed by atoms with Crippen molar-refractivity contribution in [3.8, 4) is 5.75 Å². The van der Waals surface area contributed by atoms with E-state index in [1.165, 1.54) is 0 Å². The van der Waals surface area contributed by atoms with Crippen molar-refractivity contribution in [2.45, 2.75) is 33.7 Å². The topological polar surface area (TPSA) is 27.1 Å². The van der Waals surface area contributed by atoms with Gasteiger partial charge in [-0.25, -0.2) is 4.98 Å².